The first-order valence-electron chi connectivity index (χ1n) is 5.09. The average molecular weight is 274 g/mol. The van der Waals surface area contributed by atoms with Crippen molar-refractivity contribution >= 4 is 44.9 Å². The number of aromatic nitrogens is 1. The molecule has 2 nitrogen and oxygen atoms in total. The SMILES string of the molecule is CCCC(Cl)Sc1nc2ccc(O)cc2s1. The van der Waals surface area contributed by atoms with Crippen LogP contribution in [0.15, 0.2) is 22.5 Å². The number of phenolic OH excluding ortho intramolecular Hbond substituents is 1. The molecule has 86 valence electrons. The second-order valence-corrected chi connectivity index (χ2v) is 6.71. The van der Waals surface area contributed by atoms with Crippen LogP contribution in [0.25, 0.3) is 10.2 Å². The van der Waals surface area contributed by atoms with Crippen molar-refractivity contribution in [2.45, 2.75) is 28.8 Å². The van der Waals surface area contributed by atoms with E-state index >= 15 is 0 Å². The number of nitrogens with zero attached hydrogens (tertiary/aromatic N) is 1. The van der Waals surface area contributed by atoms with Crippen LogP contribution in [0.5, 0.6) is 5.75 Å². The minimum atomic E-state index is 0.0826. The fourth-order valence-corrected chi connectivity index (χ4v) is 4.23. The summed E-state index contributed by atoms with van der Waals surface area (Å²) in [6.07, 6.45) is 2.06. The molecule has 1 aromatic carbocycles. The zero-order valence-corrected chi connectivity index (χ0v) is 11.2. The van der Waals surface area contributed by atoms with E-state index in [2.05, 4.69) is 11.9 Å². The molecule has 0 aliphatic rings. The van der Waals surface area contributed by atoms with Gasteiger partial charge in [0.05, 0.1) is 14.9 Å². The fourth-order valence-electron chi connectivity index (χ4n) is 1.34. The van der Waals surface area contributed by atoms with Gasteiger partial charge in [-0.2, -0.15) is 0 Å². The molecule has 2 aromatic rings. The zero-order chi connectivity index (χ0) is 11.5. The molecule has 1 aromatic heterocycles. The minimum absolute atomic E-state index is 0.0826. The number of fused-ring (bicyclic) bond motifs is 1. The molecule has 1 unspecified atom stereocenters. The molecule has 1 atom stereocenters. The number of hydrogen-bond acceptors (Lipinski definition) is 4. The predicted molar refractivity (Wildman–Crippen MR) is 71.7 cm³/mol. The standard InChI is InChI=1S/C11H12ClNOS2/c1-2-3-10(12)16-11-13-8-5-4-7(14)6-9(8)15-11/h4-6,10,14H,2-3H2,1H3. The van der Waals surface area contributed by atoms with Gasteiger partial charge in [-0.15, -0.1) is 22.9 Å². The maximum atomic E-state index is 9.35. The summed E-state index contributed by atoms with van der Waals surface area (Å²) >= 11 is 9.32. The number of aromatic hydroxyl groups is 1. The van der Waals surface area contributed by atoms with Gasteiger partial charge in [-0.3, -0.25) is 0 Å². The Kier molecular flexibility index (Phi) is 3.95. The summed E-state index contributed by atoms with van der Waals surface area (Å²) in [6, 6.07) is 5.22. The number of alkyl halides is 1. The molecule has 0 amide bonds. The number of hydrogen-bond donors (Lipinski definition) is 1. The highest BCUT2D eigenvalue weighted by atomic mass is 35.5. The van der Waals surface area contributed by atoms with Crippen LogP contribution < -0.4 is 0 Å². The fraction of sp³-hybridized carbons (Fsp3) is 0.364. The number of benzene rings is 1. The Labute approximate surface area is 108 Å². The van der Waals surface area contributed by atoms with Gasteiger partial charge in [0.2, 0.25) is 0 Å². The van der Waals surface area contributed by atoms with Crippen LogP contribution in [0.2, 0.25) is 0 Å². The second kappa shape index (κ2) is 5.25. The third-order valence-corrected chi connectivity index (χ3v) is 4.72. The lowest BCUT2D eigenvalue weighted by Crippen LogP contribution is -1.89. The molecule has 0 radical (unpaired) electrons. The van der Waals surface area contributed by atoms with E-state index in [-0.39, 0.29) is 10.5 Å². The Morgan fingerprint density at radius 1 is 1.56 bits per heavy atom. The van der Waals surface area contributed by atoms with Gasteiger partial charge in [0.1, 0.15) is 5.75 Å². The number of rotatable bonds is 4. The normalized spacial score (nSPS) is 13.1. The van der Waals surface area contributed by atoms with Gasteiger partial charge in [0.15, 0.2) is 4.34 Å². The maximum absolute atomic E-state index is 9.35. The summed E-state index contributed by atoms with van der Waals surface area (Å²) in [5.74, 6) is 0.281. The van der Waals surface area contributed by atoms with Gasteiger partial charge in [-0.1, -0.05) is 25.1 Å². The molecule has 16 heavy (non-hydrogen) atoms. The first kappa shape index (κ1) is 12.0. The maximum Gasteiger partial charge on any atom is 0.152 e. The minimum Gasteiger partial charge on any atom is -0.508 e. The molecule has 0 bridgehead atoms. The number of thioether (sulfide) groups is 1. The van der Waals surface area contributed by atoms with E-state index in [1.165, 1.54) is 0 Å². The van der Waals surface area contributed by atoms with E-state index in [4.69, 9.17) is 11.6 Å². The van der Waals surface area contributed by atoms with Crippen LogP contribution in [0, 0.1) is 0 Å². The number of thiazole rings is 1. The van der Waals surface area contributed by atoms with Gasteiger partial charge >= 0.3 is 0 Å². The van der Waals surface area contributed by atoms with E-state index in [9.17, 15) is 5.11 Å². The van der Waals surface area contributed by atoms with Gasteiger partial charge < -0.3 is 5.11 Å². The molecule has 1 N–H and O–H groups in total. The summed E-state index contributed by atoms with van der Waals surface area (Å²) < 4.78 is 2.05. The molecule has 0 aliphatic carbocycles. The first-order valence-corrected chi connectivity index (χ1v) is 7.22. The first-order chi connectivity index (χ1) is 7.69. The molecular formula is C11H12ClNOS2. The smallest absolute Gasteiger partial charge is 0.152 e. The van der Waals surface area contributed by atoms with Crippen molar-refractivity contribution in [3.63, 3.8) is 0 Å². The molecular weight excluding hydrogens is 262 g/mol. The summed E-state index contributed by atoms with van der Waals surface area (Å²) in [5.41, 5.74) is 0.922. The van der Waals surface area contributed by atoms with Crippen LogP contribution in [-0.2, 0) is 0 Å². The molecule has 2 rings (SSSR count). The van der Waals surface area contributed by atoms with Crippen molar-refractivity contribution in [2.24, 2.45) is 0 Å². The summed E-state index contributed by atoms with van der Waals surface area (Å²) in [5, 5.41) is 9.35. The van der Waals surface area contributed by atoms with Gasteiger partial charge in [0, 0.05) is 0 Å². The molecule has 0 fully saturated rings. The quantitative estimate of drug-likeness (QED) is 0.659. The van der Waals surface area contributed by atoms with Gasteiger partial charge in [-0.05, 0) is 24.6 Å². The van der Waals surface area contributed by atoms with Crippen LogP contribution in [0.3, 0.4) is 0 Å². The van der Waals surface area contributed by atoms with Crippen LogP contribution >= 0.6 is 34.7 Å². The van der Waals surface area contributed by atoms with Crippen molar-refractivity contribution in [2.75, 3.05) is 0 Å². The highest BCUT2D eigenvalue weighted by Crippen LogP contribution is 2.35. The molecule has 0 aliphatic heterocycles. The van der Waals surface area contributed by atoms with Crippen LogP contribution in [-0.4, -0.2) is 14.8 Å². The Morgan fingerprint density at radius 2 is 2.38 bits per heavy atom. The monoisotopic (exact) mass is 273 g/mol. The summed E-state index contributed by atoms with van der Waals surface area (Å²) in [4.78, 5) is 4.46. The third kappa shape index (κ3) is 2.81. The van der Waals surface area contributed by atoms with Crippen molar-refractivity contribution in [3.8, 4) is 5.75 Å². The van der Waals surface area contributed by atoms with Crippen LogP contribution in [0.1, 0.15) is 19.8 Å². The lowest BCUT2D eigenvalue weighted by atomic mass is 10.3. The predicted octanol–water partition coefficient (Wildman–Crippen LogP) is 4.46. The lowest BCUT2D eigenvalue weighted by Gasteiger charge is -2.03. The van der Waals surface area contributed by atoms with Crippen molar-refractivity contribution < 1.29 is 5.11 Å². The Bertz CT molecular complexity index is 486. The van der Waals surface area contributed by atoms with Gasteiger partial charge in [-0.25, -0.2) is 4.98 Å². The zero-order valence-electron chi connectivity index (χ0n) is 8.81. The van der Waals surface area contributed by atoms with Crippen molar-refractivity contribution in [1.29, 1.82) is 0 Å². The van der Waals surface area contributed by atoms with E-state index in [0.29, 0.717) is 0 Å². The Hall–Kier alpha value is -0.450. The Morgan fingerprint density at radius 3 is 3.12 bits per heavy atom. The highest BCUT2D eigenvalue weighted by Gasteiger charge is 2.10. The molecule has 0 spiro atoms. The number of halogens is 1. The molecule has 0 saturated heterocycles. The molecule has 1 heterocycles. The van der Waals surface area contributed by atoms with E-state index in [1.807, 2.05) is 6.07 Å². The highest BCUT2D eigenvalue weighted by molar-refractivity contribution is 8.02. The number of phenols is 1. The molecule has 0 saturated carbocycles. The molecule has 5 heteroatoms. The van der Waals surface area contributed by atoms with Crippen molar-refractivity contribution in [1.82, 2.24) is 4.98 Å². The average Bonchev–Trinajstić information content (AvgIpc) is 2.59. The van der Waals surface area contributed by atoms with E-state index in [1.54, 1.807) is 35.2 Å². The summed E-state index contributed by atoms with van der Waals surface area (Å²) in [6.45, 7) is 2.12. The van der Waals surface area contributed by atoms with Gasteiger partial charge in [0.25, 0.3) is 0 Å². The lowest BCUT2D eigenvalue weighted by molar-refractivity contribution is 0.476. The van der Waals surface area contributed by atoms with Crippen molar-refractivity contribution in [3.05, 3.63) is 18.2 Å². The van der Waals surface area contributed by atoms with Crippen LogP contribution in [0.4, 0.5) is 0 Å². The van der Waals surface area contributed by atoms with E-state index < -0.39 is 0 Å². The Balaban J connectivity index is 2.19. The second-order valence-electron chi connectivity index (χ2n) is 3.45. The third-order valence-electron chi connectivity index (χ3n) is 2.10. The van der Waals surface area contributed by atoms with E-state index in [0.717, 1.165) is 27.4 Å². The summed E-state index contributed by atoms with van der Waals surface area (Å²) in [7, 11) is 0. The largest absolute Gasteiger partial charge is 0.508 e. The topological polar surface area (TPSA) is 33.1 Å².